The van der Waals surface area contributed by atoms with Crippen LogP contribution in [0.4, 0.5) is 0 Å². The van der Waals surface area contributed by atoms with Gasteiger partial charge in [0.15, 0.2) is 0 Å². The van der Waals surface area contributed by atoms with Crippen molar-refractivity contribution < 1.29 is 0 Å². The minimum absolute atomic E-state index is 0.488. The Morgan fingerprint density at radius 2 is 1.62 bits per heavy atom. The average Bonchev–Trinajstić information content (AvgIpc) is 1.62. The molecule has 50 valence electrons. The van der Waals surface area contributed by atoms with Crippen LogP contribution in [0.2, 0.25) is 0 Å². The Hall–Kier alpha value is 0.860. The Bertz CT molecular complexity index is 109. The summed E-state index contributed by atoms with van der Waals surface area (Å²) in [6, 6.07) is 0. The summed E-state index contributed by atoms with van der Waals surface area (Å²) in [7, 11) is 0.488. The van der Waals surface area contributed by atoms with E-state index in [0.717, 1.165) is 0 Å². The molecular formula is C6H16P2. The first-order valence-corrected chi connectivity index (χ1v) is 9.56. The fraction of sp³-hybridized carbons (Fsp3) is 1.00. The van der Waals surface area contributed by atoms with Crippen LogP contribution in [0.15, 0.2) is 0 Å². The van der Waals surface area contributed by atoms with Gasteiger partial charge in [-0.05, 0) is 0 Å². The van der Waals surface area contributed by atoms with Gasteiger partial charge in [0.05, 0.1) is 0 Å². The number of rotatable bonds is 0. The molecule has 0 bridgehead atoms. The molecule has 2 heteroatoms. The van der Waals surface area contributed by atoms with Gasteiger partial charge in [0, 0.05) is 0 Å². The van der Waals surface area contributed by atoms with Gasteiger partial charge in [-0.3, -0.25) is 0 Å². The van der Waals surface area contributed by atoms with Gasteiger partial charge < -0.3 is 0 Å². The summed E-state index contributed by atoms with van der Waals surface area (Å²) in [6.07, 6.45) is 2.18. The third-order valence-corrected chi connectivity index (χ3v) is 16.8. The summed E-state index contributed by atoms with van der Waals surface area (Å²) >= 11 is 0. The van der Waals surface area contributed by atoms with E-state index in [9.17, 15) is 0 Å². The topological polar surface area (TPSA) is 0 Å². The molecule has 0 nitrogen and oxygen atoms in total. The summed E-state index contributed by atoms with van der Waals surface area (Å²) in [6.45, 7) is 10.1. The zero-order valence-corrected chi connectivity index (χ0v) is 8.10. The van der Waals surface area contributed by atoms with E-state index in [0.29, 0.717) is 7.61 Å². The quantitative estimate of drug-likeness (QED) is 0.465. The van der Waals surface area contributed by atoms with E-state index in [-0.39, 0.29) is 0 Å². The van der Waals surface area contributed by atoms with Gasteiger partial charge in [0.2, 0.25) is 0 Å². The van der Waals surface area contributed by atoms with Gasteiger partial charge in [0.25, 0.3) is 0 Å². The molecule has 1 fully saturated rings. The van der Waals surface area contributed by atoms with Crippen molar-refractivity contribution >= 4 is 13.9 Å². The van der Waals surface area contributed by atoms with E-state index in [4.69, 9.17) is 0 Å². The van der Waals surface area contributed by atoms with Crippen molar-refractivity contribution in [2.75, 3.05) is 39.0 Å². The summed E-state index contributed by atoms with van der Waals surface area (Å²) < 4.78 is 0. The van der Waals surface area contributed by atoms with Crippen molar-refractivity contribution in [3.8, 4) is 0 Å². The minimum atomic E-state index is -0.939. The standard InChI is InChI=1S/C6H16P2/c1-7-5-6-8(7,2,3)4/h5-6H2,1-4H3. The second kappa shape index (κ2) is 1.47. The Balaban J connectivity index is 2.69. The van der Waals surface area contributed by atoms with Crippen LogP contribution in [-0.2, 0) is 0 Å². The Morgan fingerprint density at radius 1 is 1.25 bits per heavy atom. The van der Waals surface area contributed by atoms with Crippen LogP contribution >= 0.6 is 13.9 Å². The molecule has 0 amide bonds. The van der Waals surface area contributed by atoms with E-state index in [1.165, 1.54) is 0 Å². The van der Waals surface area contributed by atoms with Crippen LogP contribution in [0.3, 0.4) is 0 Å². The third-order valence-electron chi connectivity index (χ3n) is 2.46. The van der Waals surface area contributed by atoms with Gasteiger partial charge >= 0.3 is 52.9 Å². The fourth-order valence-electron chi connectivity index (χ4n) is 0.900. The molecule has 0 aromatic heterocycles. The molecule has 1 rings (SSSR count). The van der Waals surface area contributed by atoms with E-state index < -0.39 is 6.29 Å². The molecule has 0 spiro atoms. The summed E-state index contributed by atoms with van der Waals surface area (Å²) in [5.41, 5.74) is 0. The van der Waals surface area contributed by atoms with Crippen molar-refractivity contribution in [3.63, 3.8) is 0 Å². The molecule has 1 unspecified atom stereocenters. The van der Waals surface area contributed by atoms with E-state index in [1.54, 1.807) is 12.3 Å². The van der Waals surface area contributed by atoms with Crippen LogP contribution in [0, 0.1) is 0 Å². The second-order valence-corrected chi connectivity index (χ2v) is 18.9. The van der Waals surface area contributed by atoms with Gasteiger partial charge in [-0.2, -0.15) is 0 Å². The molecule has 1 aliphatic heterocycles. The van der Waals surface area contributed by atoms with Crippen molar-refractivity contribution in [1.29, 1.82) is 0 Å². The van der Waals surface area contributed by atoms with Crippen molar-refractivity contribution in [3.05, 3.63) is 0 Å². The molecule has 1 atom stereocenters. The van der Waals surface area contributed by atoms with Crippen molar-refractivity contribution in [1.82, 2.24) is 0 Å². The monoisotopic (exact) mass is 150 g/mol. The van der Waals surface area contributed by atoms with E-state index >= 15 is 0 Å². The van der Waals surface area contributed by atoms with E-state index in [1.807, 2.05) is 0 Å². The SMILES string of the molecule is CP1CCP1(C)(C)C. The molecule has 1 saturated heterocycles. The molecule has 1 heterocycles. The predicted octanol–water partition coefficient (Wildman–Crippen LogP) is 2.47. The maximum atomic E-state index is 2.53. The second-order valence-electron chi connectivity index (χ2n) is 4.14. The molecule has 0 saturated carbocycles. The zero-order chi connectivity index (χ0) is 6.44. The Morgan fingerprint density at radius 3 is 1.62 bits per heavy atom. The molecule has 0 aromatic rings. The molecule has 0 aromatic carbocycles. The van der Waals surface area contributed by atoms with Crippen LogP contribution in [0.1, 0.15) is 0 Å². The molecule has 8 heavy (non-hydrogen) atoms. The van der Waals surface area contributed by atoms with Crippen LogP contribution in [0.5, 0.6) is 0 Å². The van der Waals surface area contributed by atoms with Crippen LogP contribution < -0.4 is 0 Å². The molecule has 1 aliphatic rings. The molecule has 0 radical (unpaired) electrons. The zero-order valence-electron chi connectivity index (χ0n) is 6.31. The maximum absolute atomic E-state index is 2.53. The van der Waals surface area contributed by atoms with Gasteiger partial charge in [0.1, 0.15) is 0 Å². The fourth-order valence-corrected chi connectivity index (χ4v) is 8.10. The third kappa shape index (κ3) is 0.937. The van der Waals surface area contributed by atoms with Crippen molar-refractivity contribution in [2.24, 2.45) is 0 Å². The molecule has 0 aliphatic carbocycles. The number of hydrogen-bond acceptors (Lipinski definition) is 0. The molecular weight excluding hydrogens is 134 g/mol. The van der Waals surface area contributed by atoms with Gasteiger partial charge in [-0.1, -0.05) is 0 Å². The predicted molar refractivity (Wildman–Crippen MR) is 47.3 cm³/mol. The number of hydrogen-bond donors (Lipinski definition) is 0. The summed E-state index contributed by atoms with van der Waals surface area (Å²) in [5, 5.41) is 0. The Kier molecular flexibility index (Phi) is 1.28. The Labute approximate surface area is 53.6 Å². The first-order chi connectivity index (χ1) is 3.40. The normalized spacial score (nSPS) is 46.0. The summed E-state index contributed by atoms with van der Waals surface area (Å²) in [5.74, 6) is 0. The van der Waals surface area contributed by atoms with Gasteiger partial charge in [-0.25, -0.2) is 0 Å². The molecule has 0 N–H and O–H groups in total. The average molecular weight is 150 g/mol. The first kappa shape index (κ1) is 6.97. The van der Waals surface area contributed by atoms with Crippen LogP contribution in [-0.4, -0.2) is 39.0 Å². The summed E-state index contributed by atoms with van der Waals surface area (Å²) in [4.78, 5) is 0. The van der Waals surface area contributed by atoms with Crippen molar-refractivity contribution in [2.45, 2.75) is 0 Å². The van der Waals surface area contributed by atoms with E-state index in [2.05, 4.69) is 26.7 Å². The van der Waals surface area contributed by atoms with Gasteiger partial charge in [-0.15, -0.1) is 0 Å². The van der Waals surface area contributed by atoms with Crippen LogP contribution in [0.25, 0.3) is 0 Å². The first-order valence-electron chi connectivity index (χ1n) is 3.12.